The minimum Gasteiger partial charge on any atom is -1.00 e. The number of aromatic amines is 1. The normalized spacial score (nSPS) is 20.0. The average Bonchev–Trinajstić information content (AvgIpc) is 4.08. The number of carbonyl (C=O) groups is 5. The number of likely N-dealkylation sites (tertiary alicyclic amines) is 2. The van der Waals surface area contributed by atoms with Crippen LogP contribution >= 0.6 is 11.6 Å². The van der Waals surface area contributed by atoms with Gasteiger partial charge in [0.15, 0.2) is 11.4 Å². The van der Waals surface area contributed by atoms with Gasteiger partial charge in [0.05, 0.1) is 24.3 Å². The number of rotatable bonds is 10. The number of nitrogens with one attached hydrogen (secondary N) is 1. The molecule has 4 heterocycles. The number of aromatic nitrogens is 4. The quantitative estimate of drug-likeness (QED) is 0.0613. The third kappa shape index (κ3) is 15.3. The standard InChI is InChI=1S/C25H28F3N3O3.C15H17ClF3NO.C10H12N2O2.CH2O3.2Cs.H/c1-3-34-24(33)23-22-18-11-16(18)12-20(22)31(29-23)13-21(32)30-9-7-15(8-10-30)17-5-4-6-19(14(17)2)25(26,27)28;1-10-12(3-2-4-13(10)15(17,18)19)11-5-7-20(8-6-11)14(21)9-16;1-2-14-10(13)9-8-6-3-5(6)4-7(8)11-12-9;2-1-4-3;;;/h4-6,15-16,18H,3,7-13H2,1-2H3;2-4,11H,5-9H2,1H3;5-6H,2-4H2,1H3,(H,11,12);1,3H;;;/q;;;;2*+1;-1/p-1/t16-,18-;;5-,6-;;;;/m1.1..../s1. The van der Waals surface area contributed by atoms with Gasteiger partial charge in [-0.25, -0.2) is 9.59 Å². The van der Waals surface area contributed by atoms with Gasteiger partial charge in [-0.15, -0.1) is 11.6 Å². The van der Waals surface area contributed by atoms with Crippen LogP contribution in [0.5, 0.6) is 0 Å². The number of hydrogen-bond acceptors (Lipinski definition) is 11. The topological polar surface area (TPSA) is 189 Å². The van der Waals surface area contributed by atoms with E-state index < -0.39 is 29.4 Å². The second kappa shape index (κ2) is 28.0. The van der Waals surface area contributed by atoms with E-state index in [4.69, 9.17) is 31.1 Å². The van der Waals surface area contributed by atoms with E-state index in [1.807, 2.05) is 6.92 Å². The van der Waals surface area contributed by atoms with Crippen molar-refractivity contribution in [2.75, 3.05) is 45.3 Å². The van der Waals surface area contributed by atoms with Gasteiger partial charge >= 0.3 is 162 Å². The van der Waals surface area contributed by atoms with Crippen molar-refractivity contribution in [1.82, 2.24) is 29.8 Å². The molecule has 2 saturated heterocycles. The number of amides is 2. The Morgan fingerprint density at radius 1 is 0.747 bits per heavy atom. The fraction of sp³-hybridized carbons (Fsp3) is 0.549. The van der Waals surface area contributed by atoms with Crippen LogP contribution in [0.2, 0.25) is 0 Å². The van der Waals surface area contributed by atoms with E-state index in [1.165, 1.54) is 32.4 Å². The molecule has 75 heavy (non-hydrogen) atoms. The molecule has 4 fully saturated rings. The average molecular weight is 1320 g/mol. The van der Waals surface area contributed by atoms with Crippen molar-refractivity contribution in [1.29, 1.82) is 0 Å². The smallest absolute Gasteiger partial charge is 1.00 e. The molecule has 15 nitrogen and oxygen atoms in total. The summed E-state index contributed by atoms with van der Waals surface area (Å²) in [5, 5.41) is 19.9. The van der Waals surface area contributed by atoms with Gasteiger partial charge in [-0.05, 0) is 149 Å². The van der Waals surface area contributed by atoms with Crippen LogP contribution in [0.1, 0.15) is 154 Å². The molecule has 2 aromatic carbocycles. The van der Waals surface area contributed by atoms with Crippen molar-refractivity contribution in [2.24, 2.45) is 11.8 Å². The molecular formula is C51H59ClCs2F6N6O9. The second-order valence-electron chi connectivity index (χ2n) is 19.1. The maximum Gasteiger partial charge on any atom is 1.00 e. The number of hydrogen-bond donors (Lipinski definition) is 1. The fourth-order valence-corrected chi connectivity index (χ4v) is 11.2. The van der Waals surface area contributed by atoms with E-state index >= 15 is 0 Å². The summed E-state index contributed by atoms with van der Waals surface area (Å²) in [6.45, 7) is 9.24. The van der Waals surface area contributed by atoms with E-state index in [2.05, 4.69) is 20.2 Å². The summed E-state index contributed by atoms with van der Waals surface area (Å²) < 4.78 is 90.5. The minimum absolute atomic E-state index is 0. The van der Waals surface area contributed by atoms with E-state index in [1.54, 1.807) is 33.5 Å². The molecule has 2 amide bonds. The maximum absolute atomic E-state index is 13.3. The first-order chi connectivity index (χ1) is 34.7. The number of piperidine rings is 2. The molecule has 24 heteroatoms. The predicted molar refractivity (Wildman–Crippen MR) is 250 cm³/mol. The van der Waals surface area contributed by atoms with Crippen molar-refractivity contribution >= 4 is 41.8 Å². The molecule has 2 saturated carbocycles. The molecule has 6 aliphatic rings. The SMILES string of the molecule is CCOC(=O)c1n[nH]c2c1[C@@H]1C[C@@H]1C2.CCOC(=O)c1nn(CC(=O)N2CCC(c3cccc(C(F)(F)F)c3C)CC2)c2c1[C@@H]1C[C@@H]1C2.Cc1c(C2CCN(C(=O)CCl)CC2)cccc1C(F)(F)F.O=CO[O-].[Cs+].[Cs+].[H-]. The van der Waals surface area contributed by atoms with Crippen LogP contribution in [0.25, 0.3) is 0 Å². The first kappa shape index (κ1) is 64.0. The van der Waals surface area contributed by atoms with E-state index in [0.717, 1.165) is 65.4 Å². The van der Waals surface area contributed by atoms with Crippen LogP contribution in [-0.2, 0) is 60.5 Å². The van der Waals surface area contributed by atoms with Crippen molar-refractivity contribution in [3.63, 3.8) is 0 Å². The van der Waals surface area contributed by atoms with Crippen LogP contribution in [-0.4, -0.2) is 105 Å². The number of ether oxygens (including phenoxy) is 2. The Bertz CT molecular complexity index is 2680. The number of halogens is 7. The molecule has 0 unspecified atom stereocenters. The summed E-state index contributed by atoms with van der Waals surface area (Å²) in [4.78, 5) is 63.2. The van der Waals surface area contributed by atoms with E-state index in [0.29, 0.717) is 98.7 Å². The number of H-pyrrole nitrogens is 1. The zero-order valence-corrected chi connectivity index (χ0v) is 56.2. The van der Waals surface area contributed by atoms with Crippen LogP contribution in [0.4, 0.5) is 26.3 Å². The molecule has 4 atom stereocenters. The molecule has 0 spiro atoms. The zero-order valence-electron chi connectivity index (χ0n) is 43.9. The van der Waals surface area contributed by atoms with Crippen LogP contribution < -0.4 is 143 Å². The molecular weight excluding hydrogens is 1260 g/mol. The summed E-state index contributed by atoms with van der Waals surface area (Å²) in [6, 6.07) is 8.68. The Hall–Kier alpha value is -1.86. The summed E-state index contributed by atoms with van der Waals surface area (Å²) in [7, 11) is 0. The zero-order chi connectivity index (χ0) is 52.9. The van der Waals surface area contributed by atoms with Gasteiger partial charge in [-0.2, -0.15) is 36.5 Å². The van der Waals surface area contributed by atoms with Gasteiger partial charge in [0.1, 0.15) is 12.4 Å². The number of alkyl halides is 7. The molecule has 398 valence electrons. The maximum atomic E-state index is 13.3. The Morgan fingerprint density at radius 3 is 1.65 bits per heavy atom. The minimum atomic E-state index is -4.37. The number of carbonyl (C=O) groups excluding carboxylic acids is 5. The molecule has 0 bridgehead atoms. The predicted octanol–water partition coefficient (Wildman–Crippen LogP) is 2.21. The van der Waals surface area contributed by atoms with Gasteiger partial charge in [0, 0.05) is 48.7 Å². The number of nitrogens with zero attached hydrogens (tertiary/aromatic N) is 5. The molecule has 1 N–H and O–H groups in total. The third-order valence-electron chi connectivity index (χ3n) is 14.8. The molecule has 4 aliphatic carbocycles. The van der Waals surface area contributed by atoms with Gasteiger partial charge in [0.2, 0.25) is 11.8 Å². The van der Waals surface area contributed by atoms with Crippen LogP contribution in [0, 0.1) is 25.7 Å². The van der Waals surface area contributed by atoms with Gasteiger partial charge in [-0.3, -0.25) is 24.2 Å². The van der Waals surface area contributed by atoms with Crippen molar-refractivity contribution in [2.45, 2.75) is 122 Å². The molecule has 0 radical (unpaired) electrons. The summed E-state index contributed by atoms with van der Waals surface area (Å²) in [6.07, 6.45) is -1.95. The first-order valence-corrected chi connectivity index (χ1v) is 25.0. The largest absolute Gasteiger partial charge is 1.00 e. The number of esters is 2. The molecule has 4 aromatic rings. The van der Waals surface area contributed by atoms with E-state index in [-0.39, 0.29) is 200 Å². The summed E-state index contributed by atoms with van der Waals surface area (Å²) in [5.74, 6) is 1.33. The second-order valence-corrected chi connectivity index (χ2v) is 19.3. The Labute approximate surface area is 554 Å². The van der Waals surface area contributed by atoms with Crippen LogP contribution in [0.3, 0.4) is 0 Å². The summed E-state index contributed by atoms with van der Waals surface area (Å²) in [5.41, 5.74) is 5.92. The van der Waals surface area contributed by atoms with Crippen molar-refractivity contribution in [3.05, 3.63) is 104 Å². The van der Waals surface area contributed by atoms with E-state index in [9.17, 15) is 45.5 Å². The van der Waals surface area contributed by atoms with Crippen molar-refractivity contribution in [3.8, 4) is 0 Å². The monoisotopic (exact) mass is 1310 g/mol. The Balaban J connectivity index is 0.000000254. The Morgan fingerprint density at radius 2 is 1.20 bits per heavy atom. The van der Waals surface area contributed by atoms with Gasteiger partial charge < -0.3 is 30.8 Å². The molecule has 2 aliphatic heterocycles. The molecule has 2 aromatic heterocycles. The Kier molecular flexibility index (Phi) is 23.9. The van der Waals surface area contributed by atoms with Crippen LogP contribution in [0.15, 0.2) is 36.4 Å². The third-order valence-corrected chi connectivity index (χ3v) is 15.0. The van der Waals surface area contributed by atoms with Gasteiger partial charge in [-0.1, -0.05) is 24.3 Å². The number of fused-ring (bicyclic) bond motifs is 6. The molecule has 10 rings (SSSR count). The first-order valence-electron chi connectivity index (χ1n) is 24.4. The van der Waals surface area contributed by atoms with Crippen molar-refractivity contribution < 1.29 is 209 Å². The fourth-order valence-electron chi connectivity index (χ4n) is 11.1. The van der Waals surface area contributed by atoms with Gasteiger partial charge in [0.25, 0.3) is 6.47 Å². The summed E-state index contributed by atoms with van der Waals surface area (Å²) >= 11 is 5.52. The number of benzene rings is 2.